The Labute approximate surface area is 169 Å². The molecule has 2 aromatic rings. The number of rotatable bonds is 7. The van der Waals surface area contributed by atoms with Crippen molar-refractivity contribution in [2.24, 2.45) is 5.10 Å². The lowest BCUT2D eigenvalue weighted by Gasteiger charge is -2.16. The average Bonchev–Trinajstić information content (AvgIpc) is 2.69. The second-order valence-electron chi connectivity index (χ2n) is 5.44. The number of nitrogens with zero attached hydrogens (tertiary/aromatic N) is 2. The van der Waals surface area contributed by atoms with E-state index in [-0.39, 0.29) is 6.61 Å². The zero-order valence-electron chi connectivity index (χ0n) is 15.1. The standard InChI is InChI=1S/C20H20ClN3O2S/c1-4-10-26-19-17(21)11-16(12-18(19)25-3)14-23-24(2)20(27)22-13-15-8-6-5-7-9-15/h1,5-9,11-12,14H,10,13H2,2-3H3,(H,22,27)/b23-14-. The van der Waals surface area contributed by atoms with Gasteiger partial charge in [-0.2, -0.15) is 5.10 Å². The maximum Gasteiger partial charge on any atom is 0.189 e. The van der Waals surface area contributed by atoms with E-state index in [1.54, 1.807) is 30.4 Å². The molecule has 0 spiro atoms. The van der Waals surface area contributed by atoms with Gasteiger partial charge in [-0.25, -0.2) is 5.01 Å². The van der Waals surface area contributed by atoms with Gasteiger partial charge >= 0.3 is 0 Å². The Morgan fingerprint density at radius 1 is 1.37 bits per heavy atom. The molecule has 0 aliphatic heterocycles. The normalized spacial score (nSPS) is 10.3. The quantitative estimate of drug-likeness (QED) is 0.332. The molecular weight excluding hydrogens is 382 g/mol. The first kappa shape index (κ1) is 20.6. The topological polar surface area (TPSA) is 46.1 Å². The van der Waals surface area contributed by atoms with Gasteiger partial charge in [-0.3, -0.25) is 0 Å². The molecule has 27 heavy (non-hydrogen) atoms. The number of hydrogen-bond donors (Lipinski definition) is 1. The summed E-state index contributed by atoms with van der Waals surface area (Å²) in [5, 5.41) is 9.95. The van der Waals surface area contributed by atoms with Gasteiger partial charge in [-0.05, 0) is 35.5 Å². The van der Waals surface area contributed by atoms with E-state index in [0.717, 1.165) is 11.1 Å². The highest BCUT2D eigenvalue weighted by Gasteiger charge is 2.11. The van der Waals surface area contributed by atoms with E-state index >= 15 is 0 Å². The van der Waals surface area contributed by atoms with Crippen LogP contribution in [0.1, 0.15) is 11.1 Å². The number of nitrogens with one attached hydrogen (secondary N) is 1. The highest BCUT2D eigenvalue weighted by atomic mass is 35.5. The van der Waals surface area contributed by atoms with Crippen molar-refractivity contribution in [1.29, 1.82) is 0 Å². The molecule has 2 rings (SSSR count). The van der Waals surface area contributed by atoms with Crippen LogP contribution in [0.25, 0.3) is 0 Å². The molecule has 0 aliphatic rings. The first-order valence-electron chi connectivity index (χ1n) is 8.08. The molecule has 7 heteroatoms. The smallest absolute Gasteiger partial charge is 0.189 e. The van der Waals surface area contributed by atoms with Gasteiger partial charge in [0, 0.05) is 13.6 Å². The summed E-state index contributed by atoms with van der Waals surface area (Å²) in [5.74, 6) is 3.28. The van der Waals surface area contributed by atoms with E-state index in [9.17, 15) is 0 Å². The summed E-state index contributed by atoms with van der Waals surface area (Å²) in [6.07, 6.45) is 6.85. The summed E-state index contributed by atoms with van der Waals surface area (Å²) in [6, 6.07) is 13.5. The second kappa shape index (κ2) is 10.4. The van der Waals surface area contributed by atoms with Crippen LogP contribution in [0.5, 0.6) is 11.5 Å². The van der Waals surface area contributed by atoms with Crippen molar-refractivity contribution in [1.82, 2.24) is 10.3 Å². The third-order valence-corrected chi connectivity index (χ3v) is 4.20. The summed E-state index contributed by atoms with van der Waals surface area (Å²) < 4.78 is 10.7. The number of benzene rings is 2. The number of hydrogen-bond acceptors (Lipinski definition) is 4. The molecule has 0 fully saturated rings. The Bertz CT molecular complexity index is 850. The SMILES string of the molecule is C#CCOc1c(Cl)cc(/C=N\N(C)C(=S)NCc2ccccc2)cc1OC. The summed E-state index contributed by atoms with van der Waals surface area (Å²) in [4.78, 5) is 0. The number of methoxy groups -OCH3 is 1. The third-order valence-electron chi connectivity index (χ3n) is 3.51. The molecule has 140 valence electrons. The summed E-state index contributed by atoms with van der Waals surface area (Å²) in [5.41, 5.74) is 1.87. The number of thiocarbonyl (C=S) groups is 1. The zero-order chi connectivity index (χ0) is 19.6. The predicted octanol–water partition coefficient (Wildman–Crippen LogP) is 3.70. The molecule has 0 saturated heterocycles. The van der Waals surface area contributed by atoms with Crippen LogP contribution in [0.3, 0.4) is 0 Å². The third kappa shape index (κ3) is 6.17. The van der Waals surface area contributed by atoms with E-state index < -0.39 is 0 Å². The Balaban J connectivity index is 2.02. The van der Waals surface area contributed by atoms with Crippen LogP contribution in [0.2, 0.25) is 5.02 Å². The Hall–Kier alpha value is -2.75. The molecule has 0 saturated carbocycles. The number of hydrazone groups is 1. The second-order valence-corrected chi connectivity index (χ2v) is 6.23. The summed E-state index contributed by atoms with van der Waals surface area (Å²) in [7, 11) is 3.30. The molecule has 0 aliphatic carbocycles. The van der Waals surface area contributed by atoms with E-state index in [4.69, 9.17) is 39.7 Å². The van der Waals surface area contributed by atoms with Gasteiger partial charge < -0.3 is 14.8 Å². The van der Waals surface area contributed by atoms with E-state index in [2.05, 4.69) is 16.3 Å². The van der Waals surface area contributed by atoms with Crippen molar-refractivity contribution in [3.05, 3.63) is 58.6 Å². The maximum absolute atomic E-state index is 6.26. The lowest BCUT2D eigenvalue weighted by Crippen LogP contribution is -2.33. The summed E-state index contributed by atoms with van der Waals surface area (Å²) in [6.45, 7) is 0.730. The van der Waals surface area contributed by atoms with Gasteiger partial charge in [0.15, 0.2) is 16.6 Å². The Morgan fingerprint density at radius 3 is 2.78 bits per heavy atom. The van der Waals surface area contributed by atoms with Crippen molar-refractivity contribution in [2.75, 3.05) is 20.8 Å². The largest absolute Gasteiger partial charge is 0.493 e. The fourth-order valence-corrected chi connectivity index (χ4v) is 2.55. The minimum Gasteiger partial charge on any atom is -0.493 e. The molecule has 0 radical (unpaired) electrons. The van der Waals surface area contributed by atoms with Crippen molar-refractivity contribution < 1.29 is 9.47 Å². The minimum atomic E-state index is 0.105. The van der Waals surface area contributed by atoms with Crippen LogP contribution in [-0.2, 0) is 6.54 Å². The molecule has 0 amide bonds. The van der Waals surface area contributed by atoms with Gasteiger partial charge in [0.05, 0.1) is 18.3 Å². The fourth-order valence-electron chi connectivity index (χ4n) is 2.16. The molecule has 0 bridgehead atoms. The highest BCUT2D eigenvalue weighted by Crippen LogP contribution is 2.35. The predicted molar refractivity (Wildman–Crippen MR) is 114 cm³/mol. The first-order valence-corrected chi connectivity index (χ1v) is 8.87. The Morgan fingerprint density at radius 2 is 2.11 bits per heavy atom. The number of ether oxygens (including phenoxy) is 2. The zero-order valence-corrected chi connectivity index (χ0v) is 16.7. The number of terminal acetylenes is 1. The van der Waals surface area contributed by atoms with Gasteiger partial charge in [-0.1, -0.05) is 47.9 Å². The van der Waals surface area contributed by atoms with E-state index in [1.807, 2.05) is 30.3 Å². The molecule has 5 nitrogen and oxygen atoms in total. The van der Waals surface area contributed by atoms with Crippen molar-refractivity contribution in [3.63, 3.8) is 0 Å². The monoisotopic (exact) mass is 401 g/mol. The number of halogens is 1. The van der Waals surface area contributed by atoms with Crippen molar-refractivity contribution in [2.45, 2.75) is 6.54 Å². The van der Waals surface area contributed by atoms with Crippen LogP contribution >= 0.6 is 23.8 Å². The van der Waals surface area contributed by atoms with E-state index in [0.29, 0.717) is 28.2 Å². The van der Waals surface area contributed by atoms with E-state index in [1.165, 1.54) is 7.11 Å². The van der Waals surface area contributed by atoms with Crippen molar-refractivity contribution >= 4 is 35.1 Å². The van der Waals surface area contributed by atoms with Gasteiger partial charge in [0.1, 0.15) is 6.61 Å². The van der Waals surface area contributed by atoms with Gasteiger partial charge in [-0.15, -0.1) is 6.42 Å². The lowest BCUT2D eigenvalue weighted by molar-refractivity contribution is 0.331. The highest BCUT2D eigenvalue weighted by molar-refractivity contribution is 7.80. The van der Waals surface area contributed by atoms with Crippen LogP contribution in [0, 0.1) is 12.3 Å². The maximum atomic E-state index is 6.26. The summed E-state index contributed by atoms with van der Waals surface area (Å²) >= 11 is 11.6. The minimum absolute atomic E-state index is 0.105. The Kier molecular flexibility index (Phi) is 7.93. The van der Waals surface area contributed by atoms with Crippen LogP contribution in [0.4, 0.5) is 0 Å². The van der Waals surface area contributed by atoms with Crippen LogP contribution in [-0.4, -0.2) is 37.1 Å². The average molecular weight is 402 g/mol. The molecule has 0 heterocycles. The molecule has 0 atom stereocenters. The van der Waals surface area contributed by atoms with Gasteiger partial charge in [0.2, 0.25) is 0 Å². The molecular formula is C20H20ClN3O2S. The lowest BCUT2D eigenvalue weighted by atomic mass is 10.2. The molecule has 0 aromatic heterocycles. The molecule has 2 aromatic carbocycles. The first-order chi connectivity index (χ1) is 13.0. The van der Waals surface area contributed by atoms with Gasteiger partial charge in [0.25, 0.3) is 0 Å². The molecule has 1 N–H and O–H groups in total. The molecule has 0 unspecified atom stereocenters. The fraction of sp³-hybridized carbons (Fsp3) is 0.200. The van der Waals surface area contributed by atoms with Crippen molar-refractivity contribution in [3.8, 4) is 23.8 Å². The van der Waals surface area contributed by atoms with Crippen LogP contribution < -0.4 is 14.8 Å². The van der Waals surface area contributed by atoms with Crippen LogP contribution in [0.15, 0.2) is 47.6 Å².